The maximum atomic E-state index is 12.3. The number of rotatable bonds is 3. The molecule has 0 aliphatic heterocycles. The van der Waals surface area contributed by atoms with Gasteiger partial charge in [-0.25, -0.2) is 8.42 Å². The highest BCUT2D eigenvalue weighted by atomic mass is 32.2. The quantitative estimate of drug-likeness (QED) is 0.740. The van der Waals surface area contributed by atoms with Crippen LogP contribution in [-0.2, 0) is 9.84 Å². The molecule has 98 valence electrons. The molecule has 2 nitrogen and oxygen atoms in total. The van der Waals surface area contributed by atoms with Crippen molar-refractivity contribution in [3.63, 3.8) is 0 Å². The van der Waals surface area contributed by atoms with E-state index < -0.39 is 39.1 Å². The highest BCUT2D eigenvalue weighted by Gasteiger charge is 2.52. The zero-order valence-corrected chi connectivity index (χ0v) is 9.17. The summed E-state index contributed by atoms with van der Waals surface area (Å²) in [6, 6.07) is 0. The van der Waals surface area contributed by atoms with Gasteiger partial charge in [0.2, 0.25) is 9.84 Å². The summed E-state index contributed by atoms with van der Waals surface area (Å²) in [5.74, 6) is -5.71. The fourth-order valence-electron chi connectivity index (χ4n) is 0.996. The van der Waals surface area contributed by atoms with Crippen molar-refractivity contribution in [1.82, 2.24) is 0 Å². The van der Waals surface area contributed by atoms with Crippen LogP contribution in [0.3, 0.4) is 0 Å². The minimum absolute atomic E-state index is 1.02. The van der Waals surface area contributed by atoms with Crippen LogP contribution in [0.2, 0.25) is 0 Å². The molecule has 0 heterocycles. The van der Waals surface area contributed by atoms with Crippen LogP contribution in [0.4, 0.5) is 26.3 Å². The van der Waals surface area contributed by atoms with Crippen LogP contribution in [0, 0.1) is 11.8 Å². The Labute approximate surface area is 88.5 Å². The molecule has 0 aromatic rings. The van der Waals surface area contributed by atoms with E-state index in [1.54, 1.807) is 0 Å². The van der Waals surface area contributed by atoms with E-state index in [2.05, 4.69) is 0 Å². The number of hydrogen-bond acceptors (Lipinski definition) is 2. The second-order valence-corrected chi connectivity index (χ2v) is 5.65. The van der Waals surface area contributed by atoms with Gasteiger partial charge in [0.15, 0.2) is 0 Å². The van der Waals surface area contributed by atoms with Crippen LogP contribution in [0.1, 0.15) is 13.8 Å². The number of sulfone groups is 1. The van der Waals surface area contributed by atoms with Gasteiger partial charge >= 0.3 is 11.7 Å². The first kappa shape index (κ1) is 15.5. The molecular formula is C7H10F6O2S. The molecular weight excluding hydrogens is 262 g/mol. The van der Waals surface area contributed by atoms with E-state index in [0.717, 1.165) is 13.8 Å². The second-order valence-electron chi connectivity index (χ2n) is 3.62. The lowest BCUT2D eigenvalue weighted by Crippen LogP contribution is -2.38. The third-order valence-electron chi connectivity index (χ3n) is 1.98. The van der Waals surface area contributed by atoms with Crippen molar-refractivity contribution in [2.75, 3.05) is 5.75 Å². The highest BCUT2D eigenvalue weighted by molar-refractivity contribution is 7.92. The van der Waals surface area contributed by atoms with Crippen molar-refractivity contribution in [3.05, 3.63) is 0 Å². The standard InChI is InChI=1S/C7H10F6O2S/c1-4(2)5(6(8,9)10)3-16(14,15)7(11,12)13/h4-5H,3H2,1-2H3. The average Bonchev–Trinajstić information content (AvgIpc) is 1.95. The Morgan fingerprint density at radius 3 is 1.56 bits per heavy atom. The molecule has 0 amide bonds. The molecule has 1 unspecified atom stereocenters. The van der Waals surface area contributed by atoms with Crippen molar-refractivity contribution < 1.29 is 34.8 Å². The molecule has 0 rings (SSSR count). The van der Waals surface area contributed by atoms with Gasteiger partial charge in [0.1, 0.15) is 0 Å². The molecule has 0 N–H and O–H groups in total. The van der Waals surface area contributed by atoms with Crippen molar-refractivity contribution in [1.29, 1.82) is 0 Å². The number of halogens is 6. The molecule has 0 saturated heterocycles. The van der Waals surface area contributed by atoms with Crippen LogP contribution >= 0.6 is 0 Å². The van der Waals surface area contributed by atoms with Crippen LogP contribution in [-0.4, -0.2) is 25.9 Å². The molecule has 0 aromatic carbocycles. The number of alkyl halides is 6. The van der Waals surface area contributed by atoms with E-state index in [0.29, 0.717) is 0 Å². The Hall–Kier alpha value is -0.470. The van der Waals surface area contributed by atoms with Crippen LogP contribution in [0.15, 0.2) is 0 Å². The molecule has 1 atom stereocenters. The Morgan fingerprint density at radius 1 is 1.00 bits per heavy atom. The Bertz CT molecular complexity index is 326. The summed E-state index contributed by atoms with van der Waals surface area (Å²) in [7, 11) is -5.75. The van der Waals surface area contributed by atoms with E-state index in [9.17, 15) is 34.8 Å². The van der Waals surface area contributed by atoms with Crippen LogP contribution in [0.25, 0.3) is 0 Å². The Morgan fingerprint density at radius 2 is 1.38 bits per heavy atom. The topological polar surface area (TPSA) is 34.1 Å². The summed E-state index contributed by atoms with van der Waals surface area (Å²) in [5, 5.41) is 0. The van der Waals surface area contributed by atoms with Crippen molar-refractivity contribution in [3.8, 4) is 0 Å². The predicted octanol–water partition coefficient (Wildman–Crippen LogP) is 2.76. The summed E-state index contributed by atoms with van der Waals surface area (Å²) < 4.78 is 93.6. The maximum absolute atomic E-state index is 12.3. The van der Waals surface area contributed by atoms with Crippen LogP contribution in [0.5, 0.6) is 0 Å². The van der Waals surface area contributed by atoms with Gasteiger partial charge in [0, 0.05) is 0 Å². The van der Waals surface area contributed by atoms with Gasteiger partial charge < -0.3 is 0 Å². The van der Waals surface area contributed by atoms with Crippen LogP contribution < -0.4 is 0 Å². The minimum atomic E-state index is -5.75. The van der Waals surface area contributed by atoms with E-state index in [4.69, 9.17) is 0 Å². The molecule has 0 spiro atoms. The van der Waals surface area contributed by atoms with E-state index in [-0.39, 0.29) is 0 Å². The normalized spacial score (nSPS) is 16.6. The average molecular weight is 272 g/mol. The lowest BCUT2D eigenvalue weighted by molar-refractivity contribution is -0.179. The maximum Gasteiger partial charge on any atom is 0.497 e. The molecule has 0 bridgehead atoms. The molecule has 0 radical (unpaired) electrons. The fourth-order valence-corrected chi connectivity index (χ4v) is 2.23. The second kappa shape index (κ2) is 4.42. The van der Waals surface area contributed by atoms with Gasteiger partial charge in [0.25, 0.3) is 0 Å². The molecule has 0 fully saturated rings. The van der Waals surface area contributed by atoms with Crippen molar-refractivity contribution in [2.45, 2.75) is 25.5 Å². The largest absolute Gasteiger partial charge is 0.497 e. The summed E-state index contributed by atoms with van der Waals surface area (Å²) in [4.78, 5) is 0. The first-order valence-corrected chi connectivity index (χ1v) is 5.80. The lowest BCUT2D eigenvalue weighted by atomic mass is 9.98. The molecule has 0 aliphatic carbocycles. The fraction of sp³-hybridized carbons (Fsp3) is 1.00. The first-order chi connectivity index (χ1) is 6.79. The molecule has 0 aliphatic rings. The van der Waals surface area contributed by atoms with Crippen molar-refractivity contribution in [2.24, 2.45) is 11.8 Å². The minimum Gasteiger partial charge on any atom is -0.220 e. The predicted molar refractivity (Wildman–Crippen MR) is 44.2 cm³/mol. The smallest absolute Gasteiger partial charge is 0.220 e. The van der Waals surface area contributed by atoms with Gasteiger partial charge in [-0.3, -0.25) is 0 Å². The van der Waals surface area contributed by atoms with Gasteiger partial charge in [0.05, 0.1) is 11.7 Å². The van der Waals surface area contributed by atoms with E-state index in [1.165, 1.54) is 0 Å². The Balaban J connectivity index is 5.09. The van der Waals surface area contributed by atoms with Gasteiger partial charge in [-0.05, 0) is 5.92 Å². The zero-order valence-electron chi connectivity index (χ0n) is 8.35. The van der Waals surface area contributed by atoms with E-state index in [1.807, 2.05) is 0 Å². The molecule has 9 heteroatoms. The molecule has 0 saturated carbocycles. The first-order valence-electron chi connectivity index (χ1n) is 4.14. The van der Waals surface area contributed by atoms with Gasteiger partial charge in [-0.2, -0.15) is 26.3 Å². The number of hydrogen-bond donors (Lipinski definition) is 0. The lowest BCUT2D eigenvalue weighted by Gasteiger charge is -2.23. The highest BCUT2D eigenvalue weighted by Crippen LogP contribution is 2.36. The van der Waals surface area contributed by atoms with E-state index >= 15 is 0 Å². The van der Waals surface area contributed by atoms with Crippen molar-refractivity contribution >= 4 is 9.84 Å². The monoisotopic (exact) mass is 272 g/mol. The van der Waals surface area contributed by atoms with Gasteiger partial charge in [-0.15, -0.1) is 0 Å². The summed E-state index contributed by atoms with van der Waals surface area (Å²) in [6.07, 6.45) is -4.97. The Kier molecular flexibility index (Phi) is 4.29. The third kappa shape index (κ3) is 3.84. The zero-order chi connectivity index (χ0) is 13.4. The molecule has 0 aromatic heterocycles. The molecule has 16 heavy (non-hydrogen) atoms. The summed E-state index contributed by atoms with van der Waals surface area (Å²) in [5.41, 5.74) is -5.65. The summed E-state index contributed by atoms with van der Waals surface area (Å²) >= 11 is 0. The third-order valence-corrected chi connectivity index (χ3v) is 3.48. The summed E-state index contributed by atoms with van der Waals surface area (Å²) in [6.45, 7) is 2.04. The van der Waals surface area contributed by atoms with Gasteiger partial charge in [-0.1, -0.05) is 13.8 Å². The SMILES string of the molecule is CC(C)C(CS(=O)(=O)C(F)(F)F)C(F)(F)F.